The lowest BCUT2D eigenvalue weighted by atomic mass is 10.2. The number of nitrogens with zero attached hydrogens (tertiary/aromatic N) is 2. The number of benzene rings is 1. The number of nitrogens with two attached hydrogens (primary N) is 1. The summed E-state index contributed by atoms with van der Waals surface area (Å²) in [6.45, 7) is 0. The fraction of sp³-hybridized carbons (Fsp3) is 0. The van der Waals surface area contributed by atoms with Crippen LogP contribution < -0.4 is 15.2 Å². The molecule has 1 aromatic carbocycles. The third-order valence-corrected chi connectivity index (χ3v) is 5.45. The molecule has 0 bridgehead atoms. The van der Waals surface area contributed by atoms with E-state index in [4.69, 9.17) is 10.5 Å². The van der Waals surface area contributed by atoms with Crippen LogP contribution in [0.3, 0.4) is 0 Å². The predicted molar refractivity (Wildman–Crippen MR) is 106 cm³/mol. The Morgan fingerprint density at radius 2 is 1.97 bits per heavy atom. The number of ether oxygens (including phenoxy) is 1. The molecule has 0 aliphatic heterocycles. The first-order valence-electron chi connectivity index (χ1n) is 8.41. The van der Waals surface area contributed by atoms with Gasteiger partial charge in [0.1, 0.15) is 16.3 Å². The fourth-order valence-electron chi connectivity index (χ4n) is 2.70. The van der Waals surface area contributed by atoms with Crippen molar-refractivity contribution in [3.05, 3.63) is 72.7 Å². The van der Waals surface area contributed by atoms with Crippen LogP contribution in [0, 0.1) is 0 Å². The number of rotatable bonds is 6. The highest BCUT2D eigenvalue weighted by molar-refractivity contribution is 7.93. The summed E-state index contributed by atoms with van der Waals surface area (Å²) in [5.41, 5.74) is 6.30. The number of sulfonamides is 1. The lowest BCUT2D eigenvalue weighted by molar-refractivity contribution is 0.1000. The molecule has 29 heavy (non-hydrogen) atoms. The van der Waals surface area contributed by atoms with Crippen LogP contribution in [0.5, 0.6) is 11.6 Å². The number of primary amides is 1. The van der Waals surface area contributed by atoms with Crippen molar-refractivity contribution >= 4 is 32.7 Å². The number of hydrogen-bond donors (Lipinski definition) is 3. The second kappa shape index (κ2) is 7.24. The maximum Gasteiger partial charge on any atom is 0.264 e. The molecule has 0 aliphatic rings. The molecule has 0 saturated carbocycles. The number of fused-ring (bicyclic) bond motifs is 1. The monoisotopic (exact) mass is 409 g/mol. The SMILES string of the molecule is NC(=O)c1cccc(Oc2ccc(NS(=O)(=O)c3c[nH]c4ncccc34)cn2)c1. The minimum Gasteiger partial charge on any atom is -0.439 e. The van der Waals surface area contributed by atoms with Crippen molar-refractivity contribution < 1.29 is 17.9 Å². The van der Waals surface area contributed by atoms with Gasteiger partial charge >= 0.3 is 0 Å². The zero-order valence-electron chi connectivity index (χ0n) is 14.9. The van der Waals surface area contributed by atoms with Gasteiger partial charge in [-0.2, -0.15) is 0 Å². The molecule has 4 N–H and O–H groups in total. The van der Waals surface area contributed by atoms with Crippen LogP contribution in [-0.4, -0.2) is 29.3 Å². The summed E-state index contributed by atoms with van der Waals surface area (Å²) in [5, 5.41) is 0.488. The highest BCUT2D eigenvalue weighted by Gasteiger charge is 2.19. The average molecular weight is 409 g/mol. The van der Waals surface area contributed by atoms with Gasteiger partial charge in [0.05, 0.1) is 11.9 Å². The molecule has 4 aromatic rings. The molecule has 0 atom stereocenters. The Labute approximate surface area is 165 Å². The van der Waals surface area contributed by atoms with Gasteiger partial charge in [0, 0.05) is 29.4 Å². The Bertz CT molecular complexity index is 1300. The first kappa shape index (κ1) is 18.4. The fourth-order valence-corrected chi connectivity index (χ4v) is 3.91. The number of H-pyrrole nitrogens is 1. The first-order valence-corrected chi connectivity index (χ1v) is 9.89. The van der Waals surface area contributed by atoms with Crippen molar-refractivity contribution in [2.24, 2.45) is 5.73 Å². The third-order valence-electron chi connectivity index (χ3n) is 4.03. The number of amides is 1. The Kier molecular flexibility index (Phi) is 4.61. The largest absolute Gasteiger partial charge is 0.439 e. The molecule has 0 radical (unpaired) electrons. The van der Waals surface area contributed by atoms with Crippen molar-refractivity contribution in [2.75, 3.05) is 4.72 Å². The topological polar surface area (TPSA) is 140 Å². The number of carbonyl (C=O) groups is 1. The minimum absolute atomic E-state index is 0.0872. The summed E-state index contributed by atoms with van der Waals surface area (Å²) < 4.78 is 33.4. The standard InChI is InChI=1S/C19H15N5O4S/c20-18(25)12-3-1-4-14(9-12)28-17-7-6-13(10-22-17)24-29(26,27)16-11-23-19-15(16)5-2-8-21-19/h1-11,24H,(H2,20,25)(H,21,23). The van der Waals surface area contributed by atoms with Crippen LogP contribution in [0.4, 0.5) is 5.69 Å². The molecular formula is C19H15N5O4S. The summed E-state index contributed by atoms with van der Waals surface area (Å²) >= 11 is 0. The highest BCUT2D eigenvalue weighted by atomic mass is 32.2. The van der Waals surface area contributed by atoms with Crippen molar-refractivity contribution in [3.63, 3.8) is 0 Å². The predicted octanol–water partition coefficient (Wildman–Crippen LogP) is 2.65. The maximum absolute atomic E-state index is 12.7. The van der Waals surface area contributed by atoms with Crippen molar-refractivity contribution in [2.45, 2.75) is 4.90 Å². The van der Waals surface area contributed by atoms with Gasteiger partial charge in [-0.1, -0.05) is 6.07 Å². The quantitative estimate of drug-likeness (QED) is 0.447. The Morgan fingerprint density at radius 3 is 2.72 bits per heavy atom. The van der Waals surface area contributed by atoms with Crippen molar-refractivity contribution in [3.8, 4) is 11.6 Å². The van der Waals surface area contributed by atoms with E-state index < -0.39 is 15.9 Å². The summed E-state index contributed by atoms with van der Waals surface area (Å²) in [5.74, 6) is 0.0416. The second-order valence-corrected chi connectivity index (χ2v) is 7.69. The summed E-state index contributed by atoms with van der Waals surface area (Å²) in [4.78, 5) is 22.3. The van der Waals surface area contributed by atoms with Crippen LogP contribution >= 0.6 is 0 Å². The third kappa shape index (κ3) is 3.87. The van der Waals surface area contributed by atoms with E-state index in [0.29, 0.717) is 22.3 Å². The maximum atomic E-state index is 12.7. The molecule has 3 aromatic heterocycles. The first-order chi connectivity index (χ1) is 13.9. The van der Waals surface area contributed by atoms with Crippen LogP contribution in [-0.2, 0) is 10.0 Å². The van der Waals surface area contributed by atoms with Crippen LogP contribution in [0.2, 0.25) is 0 Å². The van der Waals surface area contributed by atoms with Gasteiger partial charge < -0.3 is 15.5 Å². The van der Waals surface area contributed by atoms with Gasteiger partial charge in [0.2, 0.25) is 11.8 Å². The second-order valence-electron chi connectivity index (χ2n) is 6.04. The van der Waals surface area contributed by atoms with E-state index in [2.05, 4.69) is 19.7 Å². The molecular weight excluding hydrogens is 394 g/mol. The van der Waals surface area contributed by atoms with Crippen molar-refractivity contribution in [1.82, 2.24) is 15.0 Å². The Hall–Kier alpha value is -3.92. The molecule has 146 valence electrons. The number of aromatic amines is 1. The highest BCUT2D eigenvalue weighted by Crippen LogP contribution is 2.25. The summed E-state index contributed by atoms with van der Waals surface area (Å²) in [6, 6.07) is 12.7. The van der Waals surface area contributed by atoms with E-state index in [1.807, 2.05) is 0 Å². The normalized spacial score (nSPS) is 11.3. The van der Waals surface area contributed by atoms with Gasteiger partial charge in [-0.25, -0.2) is 18.4 Å². The summed E-state index contributed by atoms with van der Waals surface area (Å²) in [7, 11) is -3.84. The number of carbonyl (C=O) groups excluding carboxylic acids is 1. The molecule has 9 nitrogen and oxygen atoms in total. The van der Waals surface area contributed by atoms with Crippen molar-refractivity contribution in [1.29, 1.82) is 0 Å². The van der Waals surface area contributed by atoms with E-state index in [1.54, 1.807) is 36.5 Å². The molecule has 0 saturated heterocycles. The number of anilines is 1. The van der Waals surface area contributed by atoms with E-state index in [-0.39, 0.29) is 16.5 Å². The smallest absolute Gasteiger partial charge is 0.264 e. The molecule has 1 amide bonds. The molecule has 0 aliphatic carbocycles. The van der Waals surface area contributed by atoms with Gasteiger partial charge in [-0.05, 0) is 36.4 Å². The molecule has 0 spiro atoms. The van der Waals surface area contributed by atoms with Gasteiger partial charge in [0.25, 0.3) is 10.0 Å². The zero-order chi connectivity index (χ0) is 20.4. The van der Waals surface area contributed by atoms with Crippen LogP contribution in [0.25, 0.3) is 11.0 Å². The van der Waals surface area contributed by atoms with E-state index in [0.717, 1.165) is 0 Å². The number of pyridine rings is 2. The molecule has 10 heteroatoms. The molecule has 0 fully saturated rings. The summed E-state index contributed by atoms with van der Waals surface area (Å²) in [6.07, 6.45) is 4.29. The van der Waals surface area contributed by atoms with Gasteiger partial charge in [-0.15, -0.1) is 0 Å². The molecule has 3 heterocycles. The van der Waals surface area contributed by atoms with E-state index in [1.165, 1.54) is 30.6 Å². The molecule has 0 unspecified atom stereocenters. The van der Waals surface area contributed by atoms with Crippen LogP contribution in [0.15, 0.2) is 72.0 Å². The average Bonchev–Trinajstić information content (AvgIpc) is 3.15. The van der Waals surface area contributed by atoms with Crippen LogP contribution in [0.1, 0.15) is 10.4 Å². The van der Waals surface area contributed by atoms with E-state index in [9.17, 15) is 13.2 Å². The lowest BCUT2D eigenvalue weighted by Gasteiger charge is -2.09. The van der Waals surface area contributed by atoms with Gasteiger partial charge in [0.15, 0.2) is 0 Å². The number of hydrogen-bond acceptors (Lipinski definition) is 6. The lowest BCUT2D eigenvalue weighted by Crippen LogP contribution is -2.12. The number of aromatic nitrogens is 3. The zero-order valence-corrected chi connectivity index (χ0v) is 15.7. The Balaban J connectivity index is 1.52. The van der Waals surface area contributed by atoms with Gasteiger partial charge in [-0.3, -0.25) is 9.52 Å². The Morgan fingerprint density at radius 1 is 1.10 bits per heavy atom. The minimum atomic E-state index is -3.84. The number of nitrogens with one attached hydrogen (secondary N) is 2. The van der Waals surface area contributed by atoms with E-state index >= 15 is 0 Å². The molecule has 4 rings (SSSR count).